The third-order valence-corrected chi connectivity index (χ3v) is 3.44. The molecule has 0 aliphatic carbocycles. The number of carbonyl (C=O) groups excluding carboxylic acids is 1. The second-order valence-electron chi connectivity index (χ2n) is 5.35. The minimum absolute atomic E-state index is 0.159. The monoisotopic (exact) mass is 352 g/mol. The van der Waals surface area contributed by atoms with Crippen LogP contribution in [0.3, 0.4) is 0 Å². The Bertz CT molecular complexity index is 866. The number of halogens is 1. The van der Waals surface area contributed by atoms with Crippen molar-refractivity contribution in [3.8, 4) is 5.75 Å². The normalized spacial score (nSPS) is 10.2. The van der Waals surface area contributed by atoms with Crippen molar-refractivity contribution >= 4 is 23.1 Å². The van der Waals surface area contributed by atoms with Crippen LogP contribution < -0.4 is 15.4 Å². The highest BCUT2D eigenvalue weighted by atomic mass is 19.1. The Labute approximate surface area is 150 Å². The minimum atomic E-state index is -0.420. The fourth-order valence-electron chi connectivity index (χ4n) is 2.20. The van der Waals surface area contributed by atoms with Gasteiger partial charge in [0.2, 0.25) is 0 Å². The summed E-state index contributed by atoms with van der Waals surface area (Å²) in [6.45, 7) is 2.54. The lowest BCUT2D eigenvalue weighted by Gasteiger charge is -2.08. The fourth-order valence-corrected chi connectivity index (χ4v) is 2.20. The van der Waals surface area contributed by atoms with Crippen molar-refractivity contribution in [3.63, 3.8) is 0 Å². The average molecular weight is 352 g/mol. The van der Waals surface area contributed by atoms with E-state index in [1.54, 1.807) is 12.1 Å². The van der Waals surface area contributed by atoms with E-state index in [9.17, 15) is 9.18 Å². The van der Waals surface area contributed by atoms with E-state index in [1.165, 1.54) is 24.3 Å². The first kappa shape index (κ1) is 17.3. The molecule has 1 heterocycles. The molecular weight excluding hydrogens is 335 g/mol. The molecule has 0 saturated carbocycles. The number of ether oxygens (including phenoxy) is 1. The van der Waals surface area contributed by atoms with Gasteiger partial charge in [0, 0.05) is 11.4 Å². The summed E-state index contributed by atoms with van der Waals surface area (Å²) >= 11 is 0. The van der Waals surface area contributed by atoms with Gasteiger partial charge in [-0.15, -0.1) is 10.2 Å². The number of hydrogen-bond donors (Lipinski definition) is 2. The van der Waals surface area contributed by atoms with Gasteiger partial charge in [0.05, 0.1) is 6.61 Å². The largest absolute Gasteiger partial charge is 0.494 e. The Morgan fingerprint density at radius 1 is 0.962 bits per heavy atom. The SMILES string of the molecule is CCOc1ccc(Nc2ccc(C(=O)Nc3ccc(F)cc3)nn2)cc1. The number of benzene rings is 2. The summed E-state index contributed by atoms with van der Waals surface area (Å²) in [5, 5.41) is 13.6. The van der Waals surface area contributed by atoms with Crippen molar-refractivity contribution in [2.45, 2.75) is 6.92 Å². The lowest BCUT2D eigenvalue weighted by molar-refractivity contribution is 0.102. The van der Waals surface area contributed by atoms with Gasteiger partial charge < -0.3 is 15.4 Å². The van der Waals surface area contributed by atoms with Crippen LogP contribution in [0.4, 0.5) is 21.6 Å². The van der Waals surface area contributed by atoms with Crippen LogP contribution in [-0.4, -0.2) is 22.7 Å². The van der Waals surface area contributed by atoms with Gasteiger partial charge in [-0.05, 0) is 67.6 Å². The molecule has 1 amide bonds. The maximum absolute atomic E-state index is 12.9. The standard InChI is InChI=1S/C19H17FN4O2/c1-2-26-16-9-7-14(8-10-16)21-18-12-11-17(23-24-18)19(25)22-15-5-3-13(20)4-6-15/h3-12H,2H2,1H3,(H,21,24)(H,22,25). The van der Waals surface area contributed by atoms with Gasteiger partial charge >= 0.3 is 0 Å². The van der Waals surface area contributed by atoms with Gasteiger partial charge in [-0.2, -0.15) is 0 Å². The van der Waals surface area contributed by atoms with Crippen molar-refractivity contribution in [2.24, 2.45) is 0 Å². The number of rotatable bonds is 6. The predicted molar refractivity (Wildman–Crippen MR) is 97.3 cm³/mol. The highest BCUT2D eigenvalue weighted by molar-refractivity contribution is 6.02. The molecule has 0 radical (unpaired) electrons. The topological polar surface area (TPSA) is 76.1 Å². The molecule has 0 atom stereocenters. The van der Waals surface area contributed by atoms with Gasteiger partial charge in [-0.25, -0.2) is 4.39 Å². The Hall–Kier alpha value is -3.48. The van der Waals surface area contributed by atoms with Crippen molar-refractivity contribution in [3.05, 3.63) is 72.2 Å². The number of nitrogens with one attached hydrogen (secondary N) is 2. The zero-order chi connectivity index (χ0) is 18.4. The van der Waals surface area contributed by atoms with Crippen LogP contribution in [-0.2, 0) is 0 Å². The molecule has 2 aromatic carbocycles. The van der Waals surface area contributed by atoms with Gasteiger partial charge in [0.15, 0.2) is 11.5 Å². The second kappa shape index (κ2) is 8.06. The number of anilines is 3. The zero-order valence-electron chi connectivity index (χ0n) is 14.1. The molecule has 0 bridgehead atoms. The number of carbonyl (C=O) groups is 1. The number of hydrogen-bond acceptors (Lipinski definition) is 5. The van der Waals surface area contributed by atoms with Crippen LogP contribution in [0.5, 0.6) is 5.75 Å². The van der Waals surface area contributed by atoms with Crippen molar-refractivity contribution in [2.75, 3.05) is 17.2 Å². The minimum Gasteiger partial charge on any atom is -0.494 e. The van der Waals surface area contributed by atoms with Gasteiger partial charge in [0.1, 0.15) is 11.6 Å². The summed E-state index contributed by atoms with van der Waals surface area (Å²) in [7, 11) is 0. The third-order valence-electron chi connectivity index (χ3n) is 3.44. The Kier molecular flexibility index (Phi) is 5.38. The molecule has 0 aliphatic heterocycles. The van der Waals surface area contributed by atoms with Crippen LogP contribution in [0, 0.1) is 5.82 Å². The Morgan fingerprint density at radius 2 is 1.65 bits per heavy atom. The predicted octanol–water partition coefficient (Wildman–Crippen LogP) is 4.01. The van der Waals surface area contributed by atoms with E-state index in [4.69, 9.17) is 4.74 Å². The molecule has 0 spiro atoms. The quantitative estimate of drug-likeness (QED) is 0.701. The van der Waals surface area contributed by atoms with Crippen LogP contribution in [0.25, 0.3) is 0 Å². The summed E-state index contributed by atoms with van der Waals surface area (Å²) in [5.74, 6) is 0.508. The first-order valence-electron chi connectivity index (χ1n) is 8.04. The lowest BCUT2D eigenvalue weighted by Crippen LogP contribution is -2.14. The summed E-state index contributed by atoms with van der Waals surface area (Å²) in [6, 6.07) is 16.1. The number of nitrogens with zero attached hydrogens (tertiary/aromatic N) is 2. The molecule has 26 heavy (non-hydrogen) atoms. The number of amides is 1. The van der Waals surface area contributed by atoms with Crippen LogP contribution in [0.15, 0.2) is 60.7 Å². The van der Waals surface area contributed by atoms with E-state index in [0.717, 1.165) is 11.4 Å². The molecule has 2 N–H and O–H groups in total. The lowest BCUT2D eigenvalue weighted by atomic mass is 10.3. The highest BCUT2D eigenvalue weighted by Crippen LogP contribution is 2.19. The molecule has 3 rings (SSSR count). The van der Waals surface area contributed by atoms with E-state index in [-0.39, 0.29) is 11.5 Å². The van der Waals surface area contributed by atoms with E-state index in [2.05, 4.69) is 20.8 Å². The maximum Gasteiger partial charge on any atom is 0.276 e. The molecule has 7 heteroatoms. The molecular formula is C19H17FN4O2. The zero-order valence-corrected chi connectivity index (χ0v) is 14.1. The summed E-state index contributed by atoms with van der Waals surface area (Å²) in [4.78, 5) is 12.1. The highest BCUT2D eigenvalue weighted by Gasteiger charge is 2.09. The molecule has 1 aromatic heterocycles. The molecule has 0 aliphatic rings. The first-order chi connectivity index (χ1) is 12.6. The molecule has 0 saturated heterocycles. The average Bonchev–Trinajstić information content (AvgIpc) is 2.66. The van der Waals surface area contributed by atoms with Crippen LogP contribution in [0.1, 0.15) is 17.4 Å². The Balaban J connectivity index is 1.62. The van der Waals surface area contributed by atoms with Crippen molar-refractivity contribution < 1.29 is 13.9 Å². The molecule has 3 aromatic rings. The molecule has 6 nitrogen and oxygen atoms in total. The van der Waals surface area contributed by atoms with Crippen molar-refractivity contribution in [1.29, 1.82) is 0 Å². The second-order valence-corrected chi connectivity index (χ2v) is 5.35. The van der Waals surface area contributed by atoms with E-state index >= 15 is 0 Å². The van der Waals surface area contributed by atoms with Crippen LogP contribution >= 0.6 is 0 Å². The summed E-state index contributed by atoms with van der Waals surface area (Å²) in [5.41, 5.74) is 1.47. The molecule has 132 valence electrons. The van der Waals surface area contributed by atoms with Gasteiger partial charge in [-0.3, -0.25) is 4.79 Å². The Morgan fingerprint density at radius 3 is 2.27 bits per heavy atom. The van der Waals surface area contributed by atoms with Gasteiger partial charge in [-0.1, -0.05) is 0 Å². The maximum atomic E-state index is 12.9. The van der Waals surface area contributed by atoms with Crippen LogP contribution in [0.2, 0.25) is 0 Å². The molecule has 0 fully saturated rings. The van der Waals surface area contributed by atoms with Gasteiger partial charge in [0.25, 0.3) is 5.91 Å². The van der Waals surface area contributed by atoms with E-state index < -0.39 is 5.91 Å². The third kappa shape index (κ3) is 4.54. The first-order valence-corrected chi connectivity index (χ1v) is 8.04. The molecule has 0 unspecified atom stereocenters. The summed E-state index contributed by atoms with van der Waals surface area (Å²) in [6.07, 6.45) is 0. The van der Waals surface area contributed by atoms with Crippen molar-refractivity contribution in [1.82, 2.24) is 10.2 Å². The summed E-state index contributed by atoms with van der Waals surface area (Å²) < 4.78 is 18.3. The fraction of sp³-hybridized carbons (Fsp3) is 0.105. The van der Waals surface area contributed by atoms with E-state index in [1.807, 2.05) is 31.2 Å². The number of aromatic nitrogens is 2. The van der Waals surface area contributed by atoms with E-state index in [0.29, 0.717) is 18.1 Å². The smallest absolute Gasteiger partial charge is 0.276 e.